The first-order valence-corrected chi connectivity index (χ1v) is 7.29. The van der Waals surface area contributed by atoms with Crippen LogP contribution in [-0.2, 0) is 0 Å². The Balaban J connectivity index is 1.52. The molecule has 1 nitrogen and oxygen atoms in total. The van der Waals surface area contributed by atoms with Gasteiger partial charge in [-0.05, 0) is 48.9 Å². The van der Waals surface area contributed by atoms with Gasteiger partial charge in [-0.1, -0.05) is 42.5 Å². The Morgan fingerprint density at radius 1 is 1.00 bits per heavy atom. The lowest BCUT2D eigenvalue weighted by molar-refractivity contribution is 0.271. The summed E-state index contributed by atoms with van der Waals surface area (Å²) in [6, 6.07) is 18.3. The summed E-state index contributed by atoms with van der Waals surface area (Å²) in [6.07, 6.45) is 2.38. The minimum Gasteiger partial charge on any atom is -0.307 e. The zero-order chi connectivity index (χ0) is 13.9. The van der Waals surface area contributed by atoms with Crippen molar-refractivity contribution in [1.82, 2.24) is 5.32 Å². The first-order valence-electron chi connectivity index (χ1n) is 7.29. The van der Waals surface area contributed by atoms with Gasteiger partial charge in [0.25, 0.3) is 0 Å². The number of halogens is 1. The monoisotopic (exact) mass is 269 g/mol. The van der Waals surface area contributed by atoms with Crippen LogP contribution in [0.25, 0.3) is 0 Å². The lowest BCUT2D eigenvalue weighted by Gasteiger charge is -2.38. The lowest BCUT2D eigenvalue weighted by atomic mass is 9.75. The van der Waals surface area contributed by atoms with Crippen molar-refractivity contribution in [3.8, 4) is 0 Å². The Kier molecular flexibility index (Phi) is 3.83. The highest BCUT2D eigenvalue weighted by molar-refractivity contribution is 5.24. The Morgan fingerprint density at radius 3 is 2.30 bits per heavy atom. The molecule has 0 radical (unpaired) electrons. The average Bonchev–Trinajstić information content (AvgIpc) is 2.44. The molecule has 1 atom stereocenters. The highest BCUT2D eigenvalue weighted by atomic mass is 19.1. The van der Waals surface area contributed by atoms with Gasteiger partial charge in [-0.25, -0.2) is 4.39 Å². The summed E-state index contributed by atoms with van der Waals surface area (Å²) in [6.45, 7) is 2.14. The fourth-order valence-corrected chi connectivity index (χ4v) is 2.95. The summed E-state index contributed by atoms with van der Waals surface area (Å²) >= 11 is 0. The van der Waals surface area contributed by atoms with Gasteiger partial charge in [-0.3, -0.25) is 0 Å². The van der Waals surface area contributed by atoms with Crippen LogP contribution in [0.15, 0.2) is 54.6 Å². The van der Waals surface area contributed by atoms with E-state index in [0.717, 1.165) is 5.56 Å². The van der Waals surface area contributed by atoms with Crippen molar-refractivity contribution in [1.29, 1.82) is 0 Å². The van der Waals surface area contributed by atoms with Crippen LogP contribution in [0, 0.1) is 5.82 Å². The van der Waals surface area contributed by atoms with Crippen LogP contribution in [0.4, 0.5) is 4.39 Å². The van der Waals surface area contributed by atoms with Gasteiger partial charge in [0.1, 0.15) is 5.82 Å². The van der Waals surface area contributed by atoms with Crippen LogP contribution >= 0.6 is 0 Å². The van der Waals surface area contributed by atoms with Crippen molar-refractivity contribution in [3.05, 3.63) is 71.5 Å². The van der Waals surface area contributed by atoms with Crippen molar-refractivity contribution < 1.29 is 4.39 Å². The molecule has 1 N–H and O–H groups in total. The summed E-state index contributed by atoms with van der Waals surface area (Å²) < 4.78 is 12.9. The molecule has 104 valence electrons. The maximum absolute atomic E-state index is 12.9. The van der Waals surface area contributed by atoms with Gasteiger partial charge in [-0.2, -0.15) is 0 Å². The third-order valence-corrected chi connectivity index (χ3v) is 4.26. The fourth-order valence-electron chi connectivity index (χ4n) is 2.95. The van der Waals surface area contributed by atoms with E-state index in [4.69, 9.17) is 0 Å². The van der Waals surface area contributed by atoms with E-state index < -0.39 is 0 Å². The van der Waals surface area contributed by atoms with Gasteiger partial charge in [0.2, 0.25) is 0 Å². The van der Waals surface area contributed by atoms with Gasteiger partial charge >= 0.3 is 0 Å². The predicted octanol–water partition coefficient (Wildman–Crippen LogP) is 4.42. The van der Waals surface area contributed by atoms with E-state index in [1.165, 1.54) is 30.5 Å². The molecule has 1 unspecified atom stereocenters. The number of benzene rings is 2. The minimum absolute atomic E-state index is 0.172. The van der Waals surface area contributed by atoms with Crippen molar-refractivity contribution >= 4 is 0 Å². The van der Waals surface area contributed by atoms with Crippen LogP contribution in [0.5, 0.6) is 0 Å². The SMILES string of the molecule is CC(NC1CC(c2ccccc2)C1)c1ccc(F)cc1. The van der Waals surface area contributed by atoms with E-state index in [-0.39, 0.29) is 11.9 Å². The van der Waals surface area contributed by atoms with Gasteiger partial charge in [0.15, 0.2) is 0 Å². The summed E-state index contributed by atoms with van der Waals surface area (Å²) in [5, 5.41) is 3.63. The molecule has 2 heteroatoms. The number of hydrogen-bond acceptors (Lipinski definition) is 1. The molecule has 1 saturated carbocycles. The Hall–Kier alpha value is -1.67. The van der Waals surface area contributed by atoms with Gasteiger partial charge in [-0.15, -0.1) is 0 Å². The van der Waals surface area contributed by atoms with E-state index in [1.807, 2.05) is 12.1 Å². The third kappa shape index (κ3) is 2.91. The van der Waals surface area contributed by atoms with Crippen molar-refractivity contribution in [2.24, 2.45) is 0 Å². The van der Waals surface area contributed by atoms with Crippen LogP contribution in [-0.4, -0.2) is 6.04 Å². The molecule has 0 heterocycles. The summed E-state index contributed by atoms with van der Waals surface area (Å²) in [7, 11) is 0. The van der Waals surface area contributed by atoms with Crippen LogP contribution in [0.3, 0.4) is 0 Å². The second-order valence-electron chi connectivity index (χ2n) is 5.72. The molecular weight excluding hydrogens is 249 g/mol. The number of hydrogen-bond donors (Lipinski definition) is 1. The molecule has 0 amide bonds. The first-order chi connectivity index (χ1) is 9.72. The molecule has 1 aliphatic carbocycles. The molecular formula is C18H20FN. The molecule has 0 aromatic heterocycles. The molecule has 0 bridgehead atoms. The topological polar surface area (TPSA) is 12.0 Å². The Morgan fingerprint density at radius 2 is 1.65 bits per heavy atom. The number of nitrogens with one attached hydrogen (secondary N) is 1. The Bertz CT molecular complexity index is 543. The first kappa shape index (κ1) is 13.3. The second kappa shape index (κ2) is 5.76. The van der Waals surface area contributed by atoms with E-state index in [2.05, 4.69) is 42.6 Å². The zero-order valence-corrected chi connectivity index (χ0v) is 11.7. The molecule has 0 saturated heterocycles. The van der Waals surface area contributed by atoms with E-state index in [9.17, 15) is 4.39 Å². The largest absolute Gasteiger partial charge is 0.307 e. The van der Waals surface area contributed by atoms with Gasteiger partial charge < -0.3 is 5.32 Å². The van der Waals surface area contributed by atoms with Crippen LogP contribution in [0.1, 0.15) is 42.9 Å². The lowest BCUT2D eigenvalue weighted by Crippen LogP contribution is -2.41. The quantitative estimate of drug-likeness (QED) is 0.866. The molecule has 2 aromatic rings. The average molecular weight is 269 g/mol. The van der Waals surface area contributed by atoms with Gasteiger partial charge in [0, 0.05) is 12.1 Å². The van der Waals surface area contributed by atoms with Crippen molar-refractivity contribution in [3.63, 3.8) is 0 Å². The maximum atomic E-state index is 12.9. The minimum atomic E-state index is -0.172. The second-order valence-corrected chi connectivity index (χ2v) is 5.72. The smallest absolute Gasteiger partial charge is 0.123 e. The third-order valence-electron chi connectivity index (χ3n) is 4.26. The Labute approximate surface area is 119 Å². The summed E-state index contributed by atoms with van der Waals surface area (Å²) in [5.41, 5.74) is 2.59. The molecule has 0 spiro atoms. The van der Waals surface area contributed by atoms with Crippen LogP contribution in [0.2, 0.25) is 0 Å². The fraction of sp³-hybridized carbons (Fsp3) is 0.333. The molecule has 20 heavy (non-hydrogen) atoms. The number of rotatable bonds is 4. The predicted molar refractivity (Wildman–Crippen MR) is 80.2 cm³/mol. The van der Waals surface area contributed by atoms with Gasteiger partial charge in [0.05, 0.1) is 0 Å². The molecule has 1 fully saturated rings. The van der Waals surface area contributed by atoms with Crippen molar-refractivity contribution in [2.45, 2.75) is 37.8 Å². The van der Waals surface area contributed by atoms with E-state index in [1.54, 1.807) is 0 Å². The van der Waals surface area contributed by atoms with Crippen LogP contribution < -0.4 is 5.32 Å². The summed E-state index contributed by atoms with van der Waals surface area (Å²) in [4.78, 5) is 0. The maximum Gasteiger partial charge on any atom is 0.123 e. The zero-order valence-electron chi connectivity index (χ0n) is 11.7. The molecule has 2 aromatic carbocycles. The van der Waals surface area contributed by atoms with E-state index in [0.29, 0.717) is 12.0 Å². The highest BCUT2D eigenvalue weighted by Crippen LogP contribution is 2.37. The molecule has 3 rings (SSSR count). The molecule has 1 aliphatic rings. The summed E-state index contributed by atoms with van der Waals surface area (Å²) in [5.74, 6) is 0.517. The standard InChI is InChI=1S/C18H20FN/c1-13(14-7-9-17(19)10-8-14)20-18-11-16(12-18)15-5-3-2-4-6-15/h2-10,13,16,18,20H,11-12H2,1H3. The van der Waals surface area contributed by atoms with Crippen molar-refractivity contribution in [2.75, 3.05) is 0 Å². The van der Waals surface area contributed by atoms with E-state index >= 15 is 0 Å². The molecule has 0 aliphatic heterocycles. The normalized spacial score (nSPS) is 23.1. The highest BCUT2D eigenvalue weighted by Gasteiger charge is 2.30.